The van der Waals surface area contributed by atoms with Crippen LogP contribution >= 0.6 is 0 Å². The number of alkyl carbamates (subject to hydrolysis) is 1. The topological polar surface area (TPSA) is 84.9 Å². The molecule has 0 spiro atoms. The maximum Gasteiger partial charge on any atom is 0.407 e. The molecule has 1 aromatic rings. The average Bonchev–Trinajstić information content (AvgIpc) is 2.58. The van der Waals surface area contributed by atoms with Crippen LogP contribution in [0.5, 0.6) is 0 Å². The van der Waals surface area contributed by atoms with E-state index in [2.05, 4.69) is 5.32 Å². The second-order valence-corrected chi connectivity index (χ2v) is 6.86. The van der Waals surface area contributed by atoms with Crippen LogP contribution in [-0.2, 0) is 20.9 Å². The lowest BCUT2D eigenvalue weighted by molar-refractivity contribution is -0.161. The van der Waals surface area contributed by atoms with Gasteiger partial charge in [-0.1, -0.05) is 44.2 Å². The van der Waals surface area contributed by atoms with Gasteiger partial charge >= 0.3 is 12.1 Å². The molecule has 1 aromatic carbocycles. The molecule has 0 unspecified atom stereocenters. The highest BCUT2D eigenvalue weighted by Crippen LogP contribution is 2.28. The van der Waals surface area contributed by atoms with Crippen molar-refractivity contribution in [1.82, 2.24) is 5.32 Å². The van der Waals surface area contributed by atoms with E-state index in [9.17, 15) is 14.7 Å². The Bertz CT molecular complexity index is 556. The maximum absolute atomic E-state index is 12.1. The summed E-state index contributed by atoms with van der Waals surface area (Å²) < 4.78 is 10.2. The van der Waals surface area contributed by atoms with Crippen LogP contribution in [0.25, 0.3) is 0 Å². The van der Waals surface area contributed by atoms with E-state index >= 15 is 0 Å². The summed E-state index contributed by atoms with van der Waals surface area (Å²) in [7, 11) is 0. The molecule has 1 amide bonds. The standard InChI is InChI=1S/C19H29NO5/c1-6-24-17(22)19(4,5)16(21)15(13(2)3)20-18(23)25-12-14-10-8-7-9-11-14/h7-11,13,15-16,21H,6,12H2,1-5H3,(H,20,23)/t15-,16+/m0/s1. The van der Waals surface area contributed by atoms with Gasteiger partial charge in [0.15, 0.2) is 0 Å². The van der Waals surface area contributed by atoms with Gasteiger partial charge in [-0.25, -0.2) is 4.79 Å². The molecule has 6 heteroatoms. The molecular formula is C19H29NO5. The Morgan fingerprint density at radius 1 is 1.16 bits per heavy atom. The molecule has 0 aliphatic rings. The number of rotatable bonds is 8. The van der Waals surface area contributed by atoms with Gasteiger partial charge in [-0.2, -0.15) is 0 Å². The quantitative estimate of drug-likeness (QED) is 0.704. The van der Waals surface area contributed by atoms with Crippen molar-refractivity contribution in [3.63, 3.8) is 0 Å². The number of aliphatic hydroxyl groups excluding tert-OH is 1. The predicted octanol–water partition coefficient (Wildman–Crippen LogP) is 2.89. The lowest BCUT2D eigenvalue weighted by Crippen LogP contribution is -2.55. The molecule has 0 aromatic heterocycles. The summed E-state index contributed by atoms with van der Waals surface area (Å²) in [6.45, 7) is 8.98. The lowest BCUT2D eigenvalue weighted by atomic mass is 9.79. The molecule has 0 heterocycles. The summed E-state index contributed by atoms with van der Waals surface area (Å²) in [6, 6.07) is 8.66. The Labute approximate surface area is 149 Å². The second kappa shape index (κ2) is 9.42. The highest BCUT2D eigenvalue weighted by atomic mass is 16.5. The molecule has 2 N–H and O–H groups in total. The van der Waals surface area contributed by atoms with Crippen LogP contribution in [0.4, 0.5) is 4.79 Å². The second-order valence-electron chi connectivity index (χ2n) is 6.86. The smallest absolute Gasteiger partial charge is 0.407 e. The van der Waals surface area contributed by atoms with E-state index in [4.69, 9.17) is 9.47 Å². The number of benzene rings is 1. The Kier molecular flexibility index (Phi) is 7.90. The Morgan fingerprint density at radius 3 is 2.28 bits per heavy atom. The van der Waals surface area contributed by atoms with E-state index in [-0.39, 0.29) is 19.1 Å². The Morgan fingerprint density at radius 2 is 1.76 bits per heavy atom. The van der Waals surface area contributed by atoms with Crippen molar-refractivity contribution in [2.45, 2.75) is 53.4 Å². The molecule has 0 aliphatic carbocycles. The average molecular weight is 351 g/mol. The van der Waals surface area contributed by atoms with Crippen molar-refractivity contribution < 1.29 is 24.2 Å². The van der Waals surface area contributed by atoms with Crippen molar-refractivity contribution in [3.05, 3.63) is 35.9 Å². The molecule has 25 heavy (non-hydrogen) atoms. The first-order valence-corrected chi connectivity index (χ1v) is 8.52. The van der Waals surface area contributed by atoms with Gasteiger partial charge in [0.1, 0.15) is 6.61 Å². The fourth-order valence-electron chi connectivity index (χ4n) is 2.40. The van der Waals surface area contributed by atoms with Gasteiger partial charge in [0.25, 0.3) is 0 Å². The van der Waals surface area contributed by atoms with E-state index in [1.807, 2.05) is 44.2 Å². The van der Waals surface area contributed by atoms with E-state index in [0.29, 0.717) is 0 Å². The summed E-state index contributed by atoms with van der Waals surface area (Å²) in [4.78, 5) is 24.2. The zero-order chi connectivity index (χ0) is 19.0. The normalized spacial score (nSPS) is 13.9. The summed E-state index contributed by atoms with van der Waals surface area (Å²) >= 11 is 0. The number of aliphatic hydroxyl groups is 1. The number of nitrogens with one attached hydrogen (secondary N) is 1. The fraction of sp³-hybridized carbons (Fsp3) is 0.579. The summed E-state index contributed by atoms with van der Waals surface area (Å²) in [5.74, 6) is -0.611. The molecule has 0 saturated carbocycles. The van der Waals surface area contributed by atoms with Crippen LogP contribution in [0.2, 0.25) is 0 Å². The minimum atomic E-state index is -1.16. The number of hydrogen-bond acceptors (Lipinski definition) is 5. The Balaban J connectivity index is 2.72. The number of carbonyl (C=O) groups is 2. The number of ether oxygens (including phenoxy) is 2. The van der Waals surface area contributed by atoms with Crippen LogP contribution in [0, 0.1) is 11.3 Å². The zero-order valence-electron chi connectivity index (χ0n) is 15.6. The molecule has 6 nitrogen and oxygen atoms in total. The van der Waals surface area contributed by atoms with Crippen LogP contribution in [-0.4, -0.2) is 35.9 Å². The largest absolute Gasteiger partial charge is 0.466 e. The number of amides is 1. The third-order valence-corrected chi connectivity index (χ3v) is 4.10. The molecule has 0 radical (unpaired) electrons. The van der Waals surface area contributed by atoms with Crippen LogP contribution in [0.1, 0.15) is 40.2 Å². The lowest BCUT2D eigenvalue weighted by Gasteiger charge is -2.36. The molecule has 1 rings (SSSR count). The summed E-state index contributed by atoms with van der Waals surface area (Å²) in [5, 5.41) is 13.3. The van der Waals surface area contributed by atoms with Gasteiger partial charge in [-0.3, -0.25) is 4.79 Å². The molecule has 0 aliphatic heterocycles. The fourth-order valence-corrected chi connectivity index (χ4v) is 2.40. The summed E-state index contributed by atoms with van der Waals surface area (Å²) in [6.07, 6.45) is -1.75. The van der Waals surface area contributed by atoms with E-state index in [0.717, 1.165) is 5.56 Å². The van der Waals surface area contributed by atoms with Gasteiger partial charge in [0.05, 0.1) is 24.2 Å². The molecule has 0 bridgehead atoms. The Hall–Kier alpha value is -2.08. The van der Waals surface area contributed by atoms with Crippen molar-refractivity contribution in [1.29, 1.82) is 0 Å². The third-order valence-electron chi connectivity index (χ3n) is 4.10. The zero-order valence-corrected chi connectivity index (χ0v) is 15.6. The molecular weight excluding hydrogens is 322 g/mol. The first-order chi connectivity index (χ1) is 11.7. The monoisotopic (exact) mass is 351 g/mol. The van der Waals surface area contributed by atoms with Crippen LogP contribution < -0.4 is 5.32 Å². The molecule has 140 valence electrons. The number of hydrogen-bond donors (Lipinski definition) is 2. The highest BCUT2D eigenvalue weighted by molar-refractivity contribution is 5.77. The van der Waals surface area contributed by atoms with Crippen LogP contribution in [0.3, 0.4) is 0 Å². The van der Waals surface area contributed by atoms with Crippen molar-refractivity contribution in [2.24, 2.45) is 11.3 Å². The van der Waals surface area contributed by atoms with E-state index in [1.165, 1.54) is 0 Å². The summed E-state index contributed by atoms with van der Waals surface area (Å²) in [5.41, 5.74) is -0.288. The molecule has 0 saturated heterocycles. The minimum absolute atomic E-state index is 0.104. The molecule has 2 atom stereocenters. The van der Waals surface area contributed by atoms with Gasteiger partial charge in [-0.05, 0) is 32.3 Å². The van der Waals surface area contributed by atoms with Gasteiger partial charge in [-0.15, -0.1) is 0 Å². The van der Waals surface area contributed by atoms with Gasteiger partial charge in [0.2, 0.25) is 0 Å². The van der Waals surface area contributed by atoms with Gasteiger partial charge in [0, 0.05) is 0 Å². The third kappa shape index (κ3) is 6.05. The first-order valence-electron chi connectivity index (χ1n) is 8.52. The first kappa shape index (κ1) is 21.0. The van der Waals surface area contributed by atoms with Crippen molar-refractivity contribution in [2.75, 3.05) is 6.61 Å². The van der Waals surface area contributed by atoms with Crippen LogP contribution in [0.15, 0.2) is 30.3 Å². The predicted molar refractivity (Wildman–Crippen MR) is 94.8 cm³/mol. The van der Waals surface area contributed by atoms with Gasteiger partial charge < -0.3 is 19.9 Å². The molecule has 0 fully saturated rings. The van der Waals surface area contributed by atoms with Crippen molar-refractivity contribution >= 4 is 12.1 Å². The number of carbonyl (C=O) groups excluding carboxylic acids is 2. The maximum atomic E-state index is 12.1. The van der Waals surface area contributed by atoms with E-state index < -0.39 is 29.6 Å². The number of esters is 1. The van der Waals surface area contributed by atoms with E-state index in [1.54, 1.807) is 20.8 Å². The minimum Gasteiger partial charge on any atom is -0.466 e. The van der Waals surface area contributed by atoms with Crippen molar-refractivity contribution in [3.8, 4) is 0 Å². The SMILES string of the molecule is CCOC(=O)C(C)(C)[C@H](O)[C@@H](NC(=O)OCc1ccccc1)C(C)C. The highest BCUT2D eigenvalue weighted by Gasteiger charge is 2.43.